The van der Waals surface area contributed by atoms with Crippen LogP contribution in [0.25, 0.3) is 0 Å². The molecule has 0 bridgehead atoms. The summed E-state index contributed by atoms with van der Waals surface area (Å²) < 4.78 is 0. The van der Waals surface area contributed by atoms with Crippen LogP contribution < -0.4 is 11.1 Å². The normalized spacial score (nSPS) is 16.2. The molecule has 168 valence electrons. The zero-order chi connectivity index (χ0) is 22.1. The van der Waals surface area contributed by atoms with Crippen LogP contribution in [0.5, 0.6) is 0 Å². The van der Waals surface area contributed by atoms with Crippen molar-refractivity contribution in [3.63, 3.8) is 0 Å². The average Bonchev–Trinajstić information content (AvgIpc) is 3.00. The van der Waals surface area contributed by atoms with E-state index < -0.39 is 5.54 Å². The molecule has 4 rings (SSSR count). The highest BCUT2D eigenvalue weighted by Gasteiger charge is 2.35. The molecule has 0 unspecified atom stereocenters. The molecule has 3 N–H and O–H groups in total. The van der Waals surface area contributed by atoms with E-state index in [1.54, 1.807) is 0 Å². The lowest BCUT2D eigenvalue weighted by Gasteiger charge is -2.37. The maximum absolute atomic E-state index is 5.97. The van der Waals surface area contributed by atoms with Crippen molar-refractivity contribution in [2.45, 2.75) is 62.8 Å². The van der Waals surface area contributed by atoms with E-state index in [2.05, 4.69) is 90.2 Å². The van der Waals surface area contributed by atoms with Crippen molar-refractivity contribution in [2.75, 3.05) is 13.1 Å². The maximum Gasteiger partial charge on any atom is 0.0948 e. The molecule has 0 atom stereocenters. The van der Waals surface area contributed by atoms with Crippen molar-refractivity contribution in [1.82, 2.24) is 5.32 Å². The fraction of sp³-hybridized carbons (Fsp3) is 0.400. The smallest absolute Gasteiger partial charge is 0.0948 e. The van der Waals surface area contributed by atoms with Crippen molar-refractivity contribution in [3.05, 3.63) is 107 Å². The van der Waals surface area contributed by atoms with Crippen LogP contribution in [0, 0.1) is 0 Å². The van der Waals surface area contributed by atoms with Gasteiger partial charge in [0.2, 0.25) is 0 Å². The Labute approximate surface area is 194 Å². The average molecular weight is 427 g/mol. The molecular formula is C30H38N2. The van der Waals surface area contributed by atoms with Gasteiger partial charge in [0.05, 0.1) is 5.54 Å². The van der Waals surface area contributed by atoms with Crippen LogP contribution in [0.4, 0.5) is 0 Å². The highest BCUT2D eigenvalue weighted by molar-refractivity contribution is 5.50. The van der Waals surface area contributed by atoms with Crippen molar-refractivity contribution in [2.24, 2.45) is 5.73 Å². The summed E-state index contributed by atoms with van der Waals surface area (Å²) in [6, 6.07) is 31.1. The first-order valence-electron chi connectivity index (χ1n) is 12.5. The second-order valence-electron chi connectivity index (χ2n) is 9.22. The number of rotatable bonds is 7. The monoisotopic (exact) mass is 426 g/mol. The first-order chi connectivity index (χ1) is 15.8. The minimum atomic E-state index is -0.418. The summed E-state index contributed by atoms with van der Waals surface area (Å²) in [5.41, 5.74) is 10.8. The van der Waals surface area contributed by atoms with E-state index in [0.29, 0.717) is 12.5 Å². The summed E-state index contributed by atoms with van der Waals surface area (Å²) in [4.78, 5) is 0. The topological polar surface area (TPSA) is 38.0 Å². The van der Waals surface area contributed by atoms with Crippen LogP contribution in [-0.2, 0) is 5.54 Å². The van der Waals surface area contributed by atoms with Gasteiger partial charge in [-0.2, -0.15) is 0 Å². The van der Waals surface area contributed by atoms with E-state index in [1.165, 1.54) is 73.6 Å². The third-order valence-corrected chi connectivity index (χ3v) is 7.12. The van der Waals surface area contributed by atoms with Gasteiger partial charge in [0.25, 0.3) is 0 Å². The SMILES string of the molecule is NCCNC(c1ccccc1)(c1ccccc1)c1ccc(C2CCCCCCCC2)cc1. The Hall–Kier alpha value is -2.42. The van der Waals surface area contributed by atoms with Gasteiger partial charge in [-0.1, -0.05) is 123 Å². The van der Waals surface area contributed by atoms with Crippen LogP contribution in [0.3, 0.4) is 0 Å². The Bertz CT molecular complexity index is 869. The van der Waals surface area contributed by atoms with Crippen molar-refractivity contribution in [1.29, 1.82) is 0 Å². The molecule has 1 aliphatic carbocycles. The van der Waals surface area contributed by atoms with Gasteiger partial charge < -0.3 is 5.73 Å². The quantitative estimate of drug-likeness (QED) is 0.410. The van der Waals surface area contributed by atoms with Crippen LogP contribution in [0.1, 0.15) is 79.5 Å². The molecule has 0 spiro atoms. The Morgan fingerprint density at radius 1 is 0.625 bits per heavy atom. The highest BCUT2D eigenvalue weighted by Crippen LogP contribution is 2.38. The molecule has 3 aromatic carbocycles. The molecule has 2 nitrogen and oxygen atoms in total. The fourth-order valence-corrected chi connectivity index (χ4v) is 5.41. The maximum atomic E-state index is 5.97. The summed E-state index contributed by atoms with van der Waals surface area (Å²) in [5, 5.41) is 3.83. The molecule has 1 fully saturated rings. The predicted molar refractivity (Wildman–Crippen MR) is 136 cm³/mol. The molecule has 0 radical (unpaired) electrons. The Kier molecular flexibility index (Phi) is 8.14. The van der Waals surface area contributed by atoms with Crippen LogP contribution in [-0.4, -0.2) is 13.1 Å². The molecule has 0 saturated heterocycles. The van der Waals surface area contributed by atoms with Gasteiger partial charge in [-0.25, -0.2) is 0 Å². The Morgan fingerprint density at radius 2 is 1.09 bits per heavy atom. The molecule has 0 aliphatic heterocycles. The van der Waals surface area contributed by atoms with E-state index in [4.69, 9.17) is 5.73 Å². The van der Waals surface area contributed by atoms with E-state index in [0.717, 1.165) is 6.54 Å². The lowest BCUT2D eigenvalue weighted by molar-refractivity contribution is 0.478. The zero-order valence-corrected chi connectivity index (χ0v) is 19.3. The molecule has 2 heteroatoms. The third-order valence-electron chi connectivity index (χ3n) is 7.12. The van der Waals surface area contributed by atoms with Gasteiger partial charge in [-0.05, 0) is 41.0 Å². The standard InChI is InChI=1S/C30H38N2/c31-23-24-32-30(27-15-9-5-10-16-27,28-17-11-6-12-18-28)29-21-19-26(20-22-29)25-13-7-3-1-2-4-8-14-25/h5-6,9-12,15-22,25,32H,1-4,7-8,13-14,23-24,31H2. The molecule has 1 saturated carbocycles. The highest BCUT2D eigenvalue weighted by atomic mass is 15.0. The van der Waals surface area contributed by atoms with E-state index >= 15 is 0 Å². The molecular weight excluding hydrogens is 388 g/mol. The third kappa shape index (κ3) is 5.14. The van der Waals surface area contributed by atoms with Gasteiger partial charge in [0.1, 0.15) is 0 Å². The number of nitrogens with one attached hydrogen (secondary N) is 1. The van der Waals surface area contributed by atoms with Crippen molar-refractivity contribution in [3.8, 4) is 0 Å². The molecule has 32 heavy (non-hydrogen) atoms. The summed E-state index contributed by atoms with van der Waals surface area (Å²) in [6.45, 7) is 1.34. The first kappa shape index (κ1) is 22.8. The summed E-state index contributed by atoms with van der Waals surface area (Å²) in [5.74, 6) is 0.696. The lowest BCUT2D eigenvalue weighted by Crippen LogP contribution is -2.46. The first-order valence-corrected chi connectivity index (χ1v) is 12.5. The molecule has 0 heterocycles. The minimum absolute atomic E-state index is 0.418. The largest absolute Gasteiger partial charge is 0.329 e. The van der Waals surface area contributed by atoms with Gasteiger partial charge in [0, 0.05) is 13.1 Å². The predicted octanol–water partition coefficient (Wildman–Crippen LogP) is 6.74. The minimum Gasteiger partial charge on any atom is -0.329 e. The summed E-state index contributed by atoms with van der Waals surface area (Å²) in [6.07, 6.45) is 11.0. The van der Waals surface area contributed by atoms with Crippen molar-refractivity contribution < 1.29 is 0 Å². The second kappa shape index (κ2) is 11.4. The summed E-state index contributed by atoms with van der Waals surface area (Å²) in [7, 11) is 0. The summed E-state index contributed by atoms with van der Waals surface area (Å²) >= 11 is 0. The Balaban J connectivity index is 1.74. The number of hydrogen-bond donors (Lipinski definition) is 2. The van der Waals surface area contributed by atoms with Crippen LogP contribution in [0.15, 0.2) is 84.9 Å². The van der Waals surface area contributed by atoms with E-state index in [-0.39, 0.29) is 0 Å². The van der Waals surface area contributed by atoms with E-state index in [1.807, 2.05) is 0 Å². The fourth-order valence-electron chi connectivity index (χ4n) is 5.41. The van der Waals surface area contributed by atoms with Crippen molar-refractivity contribution >= 4 is 0 Å². The lowest BCUT2D eigenvalue weighted by atomic mass is 9.76. The number of nitrogens with two attached hydrogens (primary N) is 1. The van der Waals surface area contributed by atoms with Gasteiger partial charge >= 0.3 is 0 Å². The molecule has 3 aromatic rings. The number of benzene rings is 3. The van der Waals surface area contributed by atoms with Crippen LogP contribution >= 0.6 is 0 Å². The molecule has 0 aromatic heterocycles. The van der Waals surface area contributed by atoms with Gasteiger partial charge in [-0.15, -0.1) is 0 Å². The van der Waals surface area contributed by atoms with Gasteiger partial charge in [-0.3, -0.25) is 5.32 Å². The van der Waals surface area contributed by atoms with Gasteiger partial charge in [0.15, 0.2) is 0 Å². The molecule has 0 amide bonds. The van der Waals surface area contributed by atoms with Crippen LogP contribution in [0.2, 0.25) is 0 Å². The molecule has 1 aliphatic rings. The zero-order valence-electron chi connectivity index (χ0n) is 19.3. The Morgan fingerprint density at radius 3 is 1.59 bits per heavy atom. The number of hydrogen-bond acceptors (Lipinski definition) is 2. The second-order valence-corrected chi connectivity index (χ2v) is 9.22. The van der Waals surface area contributed by atoms with E-state index in [9.17, 15) is 0 Å².